The van der Waals surface area contributed by atoms with Crippen molar-refractivity contribution in [3.63, 3.8) is 0 Å². The van der Waals surface area contributed by atoms with Crippen molar-refractivity contribution in [3.05, 3.63) is 35.4 Å². The summed E-state index contributed by atoms with van der Waals surface area (Å²) in [6.07, 6.45) is -5.55. The molecule has 22 heavy (non-hydrogen) atoms. The Morgan fingerprint density at radius 2 is 1.68 bits per heavy atom. The Balaban J connectivity index is 2.89. The highest BCUT2D eigenvalue weighted by molar-refractivity contribution is 5.96. The summed E-state index contributed by atoms with van der Waals surface area (Å²) in [5.41, 5.74) is -0.398. The van der Waals surface area contributed by atoms with Gasteiger partial charge in [-0.05, 0) is 32.9 Å². The summed E-state index contributed by atoms with van der Waals surface area (Å²) in [6.45, 7) is 4.87. The van der Waals surface area contributed by atoms with E-state index in [0.717, 1.165) is 12.1 Å². The highest BCUT2D eigenvalue weighted by Crippen LogP contribution is 2.31. The minimum Gasteiger partial charge on any atom is -0.442 e. The third-order valence-corrected chi connectivity index (χ3v) is 2.41. The van der Waals surface area contributed by atoms with Gasteiger partial charge < -0.3 is 4.74 Å². The molecule has 1 aromatic carbocycles. The second-order valence-electron chi connectivity index (χ2n) is 5.52. The van der Waals surface area contributed by atoms with Gasteiger partial charge in [0.05, 0.1) is 11.1 Å². The van der Waals surface area contributed by atoms with Gasteiger partial charge in [0, 0.05) is 7.05 Å². The van der Waals surface area contributed by atoms with Crippen molar-refractivity contribution in [2.24, 2.45) is 0 Å². The molecule has 0 saturated heterocycles. The predicted octanol–water partition coefficient (Wildman–Crippen LogP) is 3.22. The number of hydrogen-bond acceptors (Lipinski definition) is 3. The lowest BCUT2D eigenvalue weighted by Gasteiger charge is -2.25. The van der Waals surface area contributed by atoms with Crippen LogP contribution >= 0.6 is 0 Å². The SMILES string of the molecule is CN(NC(=O)c1ccccc1C(F)(F)F)C(=O)OC(C)(C)C. The number of carbonyl (C=O) groups excluding carboxylic acids is 2. The molecule has 0 aliphatic carbocycles. The molecule has 0 bridgehead atoms. The molecule has 0 aliphatic rings. The fourth-order valence-corrected chi connectivity index (χ4v) is 1.52. The van der Waals surface area contributed by atoms with Crippen molar-refractivity contribution in [2.75, 3.05) is 7.05 Å². The van der Waals surface area contributed by atoms with E-state index in [4.69, 9.17) is 4.74 Å². The standard InChI is InChI=1S/C14H17F3N2O3/c1-13(2,3)22-12(21)19(4)18-11(20)9-7-5-6-8-10(9)14(15,16)17/h5-8H,1-4H3,(H,18,20). The molecule has 1 rings (SSSR count). The fraction of sp³-hybridized carbons (Fsp3) is 0.429. The van der Waals surface area contributed by atoms with Gasteiger partial charge in [0.15, 0.2) is 0 Å². The van der Waals surface area contributed by atoms with Crippen LogP contribution in [0.2, 0.25) is 0 Å². The van der Waals surface area contributed by atoms with Gasteiger partial charge in [-0.25, -0.2) is 9.80 Å². The summed E-state index contributed by atoms with van der Waals surface area (Å²) < 4.78 is 43.5. The minimum absolute atomic E-state index is 0.578. The van der Waals surface area contributed by atoms with E-state index >= 15 is 0 Å². The van der Waals surface area contributed by atoms with E-state index in [2.05, 4.69) is 5.43 Å². The Hall–Kier alpha value is -2.25. The monoisotopic (exact) mass is 318 g/mol. The molecule has 0 atom stereocenters. The molecule has 0 unspecified atom stereocenters. The van der Waals surface area contributed by atoms with Gasteiger partial charge in [0.1, 0.15) is 5.60 Å². The maximum atomic E-state index is 12.8. The maximum Gasteiger partial charge on any atom is 0.428 e. The summed E-state index contributed by atoms with van der Waals surface area (Å²) in [4.78, 5) is 23.6. The van der Waals surface area contributed by atoms with Gasteiger partial charge in [-0.15, -0.1) is 0 Å². The van der Waals surface area contributed by atoms with Crippen LogP contribution in [-0.2, 0) is 10.9 Å². The molecule has 0 aromatic heterocycles. The normalized spacial score (nSPS) is 11.8. The lowest BCUT2D eigenvalue weighted by Crippen LogP contribution is -2.46. The largest absolute Gasteiger partial charge is 0.442 e. The molecule has 1 aromatic rings. The van der Waals surface area contributed by atoms with Crippen LogP contribution in [0, 0.1) is 0 Å². The summed E-state index contributed by atoms with van der Waals surface area (Å²) in [5, 5.41) is 0.695. The van der Waals surface area contributed by atoms with Crippen LogP contribution < -0.4 is 5.43 Å². The highest BCUT2D eigenvalue weighted by atomic mass is 19.4. The molecule has 1 N–H and O–H groups in total. The van der Waals surface area contributed by atoms with E-state index in [-0.39, 0.29) is 0 Å². The Kier molecular flexibility index (Phi) is 5.05. The Bertz CT molecular complexity index is 565. The lowest BCUT2D eigenvalue weighted by atomic mass is 10.1. The molecule has 5 nitrogen and oxygen atoms in total. The predicted molar refractivity (Wildman–Crippen MR) is 72.9 cm³/mol. The average Bonchev–Trinajstić information content (AvgIpc) is 2.35. The number of alkyl halides is 3. The number of nitrogens with zero attached hydrogens (tertiary/aromatic N) is 1. The third kappa shape index (κ3) is 4.94. The van der Waals surface area contributed by atoms with Gasteiger partial charge >= 0.3 is 12.3 Å². The first kappa shape index (κ1) is 17.8. The average molecular weight is 318 g/mol. The zero-order valence-corrected chi connectivity index (χ0v) is 12.6. The second kappa shape index (κ2) is 6.25. The summed E-state index contributed by atoms with van der Waals surface area (Å²) in [7, 11) is 1.18. The van der Waals surface area contributed by atoms with Crippen molar-refractivity contribution in [2.45, 2.75) is 32.5 Å². The van der Waals surface area contributed by atoms with Crippen molar-refractivity contribution in [1.82, 2.24) is 10.4 Å². The number of benzene rings is 1. The second-order valence-corrected chi connectivity index (χ2v) is 5.52. The number of carbonyl (C=O) groups is 2. The number of ether oxygens (including phenoxy) is 1. The molecule has 0 saturated carbocycles. The number of halogens is 3. The van der Waals surface area contributed by atoms with Crippen molar-refractivity contribution in [3.8, 4) is 0 Å². The van der Waals surface area contributed by atoms with Gasteiger partial charge in [-0.3, -0.25) is 10.2 Å². The molecule has 122 valence electrons. The molecule has 0 spiro atoms. The number of hydrogen-bond donors (Lipinski definition) is 1. The Morgan fingerprint density at radius 1 is 1.14 bits per heavy atom. The molecule has 0 fully saturated rings. The third-order valence-electron chi connectivity index (χ3n) is 2.41. The van der Waals surface area contributed by atoms with Crippen molar-refractivity contribution in [1.29, 1.82) is 0 Å². The molecule has 0 radical (unpaired) electrons. The first-order valence-electron chi connectivity index (χ1n) is 6.36. The van der Waals surface area contributed by atoms with Gasteiger partial charge in [0.2, 0.25) is 0 Å². The number of rotatable bonds is 1. The summed E-state index contributed by atoms with van der Waals surface area (Å²) in [5.74, 6) is -1.05. The number of amides is 2. The molecule has 8 heteroatoms. The van der Waals surface area contributed by atoms with Crippen LogP contribution in [0.25, 0.3) is 0 Å². The van der Waals surface area contributed by atoms with E-state index in [1.54, 1.807) is 20.8 Å². The van der Waals surface area contributed by atoms with E-state index < -0.39 is 34.9 Å². The van der Waals surface area contributed by atoms with Gasteiger partial charge in [-0.2, -0.15) is 13.2 Å². The van der Waals surface area contributed by atoms with Crippen LogP contribution in [0.4, 0.5) is 18.0 Å². The zero-order chi connectivity index (χ0) is 17.1. The number of nitrogens with one attached hydrogen (secondary N) is 1. The van der Waals surface area contributed by atoms with Crippen molar-refractivity contribution < 1.29 is 27.5 Å². The van der Waals surface area contributed by atoms with E-state index in [1.165, 1.54) is 19.2 Å². The highest BCUT2D eigenvalue weighted by Gasteiger charge is 2.35. The molecule has 0 heterocycles. The lowest BCUT2D eigenvalue weighted by molar-refractivity contribution is -0.138. The van der Waals surface area contributed by atoms with Gasteiger partial charge in [-0.1, -0.05) is 12.1 Å². The van der Waals surface area contributed by atoms with Crippen LogP contribution in [-0.4, -0.2) is 29.7 Å². The Morgan fingerprint density at radius 3 is 2.18 bits per heavy atom. The van der Waals surface area contributed by atoms with Crippen LogP contribution in [0.3, 0.4) is 0 Å². The van der Waals surface area contributed by atoms with E-state index in [1.807, 2.05) is 0 Å². The minimum atomic E-state index is -4.67. The fourth-order valence-electron chi connectivity index (χ4n) is 1.52. The zero-order valence-electron chi connectivity index (χ0n) is 12.6. The Labute approximate surface area is 126 Å². The van der Waals surface area contributed by atoms with E-state index in [0.29, 0.717) is 5.01 Å². The smallest absolute Gasteiger partial charge is 0.428 e. The van der Waals surface area contributed by atoms with Crippen molar-refractivity contribution >= 4 is 12.0 Å². The molecule has 2 amide bonds. The maximum absolute atomic E-state index is 12.8. The van der Waals surface area contributed by atoms with Crippen LogP contribution in [0.5, 0.6) is 0 Å². The first-order chi connectivity index (χ1) is 9.92. The van der Waals surface area contributed by atoms with Crippen LogP contribution in [0.1, 0.15) is 36.7 Å². The van der Waals surface area contributed by atoms with E-state index in [9.17, 15) is 22.8 Å². The topological polar surface area (TPSA) is 58.6 Å². The first-order valence-corrected chi connectivity index (χ1v) is 6.36. The summed E-state index contributed by atoms with van der Waals surface area (Å²) in [6, 6.07) is 4.30. The summed E-state index contributed by atoms with van der Waals surface area (Å²) >= 11 is 0. The van der Waals surface area contributed by atoms with Crippen LogP contribution in [0.15, 0.2) is 24.3 Å². The van der Waals surface area contributed by atoms with Gasteiger partial charge in [0.25, 0.3) is 5.91 Å². The molecular weight excluding hydrogens is 301 g/mol. The number of hydrazine groups is 1. The molecule has 0 aliphatic heterocycles. The molecular formula is C14H17F3N2O3. The quantitative estimate of drug-likeness (QED) is 0.809.